The minimum Gasteiger partial charge on any atom is -0.461 e. The van der Waals surface area contributed by atoms with Crippen molar-refractivity contribution in [2.24, 2.45) is 0 Å². The molecular weight excluding hydrogens is 321 g/mol. The number of carbonyl (C=O) groups is 1. The van der Waals surface area contributed by atoms with E-state index < -0.39 is 17.3 Å². The van der Waals surface area contributed by atoms with Crippen LogP contribution >= 0.6 is 11.3 Å². The molecule has 0 atom stereocenters. The molecule has 1 aromatic carbocycles. The normalized spacial score (nSPS) is 10.9. The largest absolute Gasteiger partial charge is 0.461 e. The number of nitrogen functional groups attached to an aromatic ring is 1. The fraction of sp³-hybridized carbons (Fsp3) is 0.133. The number of hydrogen-bond acceptors (Lipinski definition) is 6. The van der Waals surface area contributed by atoms with Crippen molar-refractivity contribution in [3.05, 3.63) is 51.5 Å². The van der Waals surface area contributed by atoms with Gasteiger partial charge in [-0.25, -0.2) is 9.18 Å². The zero-order chi connectivity index (χ0) is 16.6. The lowest BCUT2D eigenvalue weighted by atomic mass is 10.2. The Morgan fingerprint density at radius 2 is 2.26 bits per heavy atom. The maximum Gasteiger partial charge on any atom is 0.359 e. The first-order chi connectivity index (χ1) is 11.0. The zero-order valence-corrected chi connectivity index (χ0v) is 12.9. The summed E-state index contributed by atoms with van der Waals surface area (Å²) in [6.45, 7) is 1.83. The Morgan fingerprint density at radius 1 is 1.48 bits per heavy atom. The number of halogens is 1. The molecule has 6 nitrogen and oxygen atoms in total. The molecule has 0 spiro atoms. The lowest BCUT2D eigenvalue weighted by Gasteiger charge is -2.09. The summed E-state index contributed by atoms with van der Waals surface area (Å²) in [5, 5.41) is 6.42. The van der Waals surface area contributed by atoms with Gasteiger partial charge in [0.15, 0.2) is 5.69 Å². The number of thiophene rings is 1. The van der Waals surface area contributed by atoms with E-state index in [-0.39, 0.29) is 28.4 Å². The number of carbonyl (C=O) groups excluding carboxylic acids is 1. The summed E-state index contributed by atoms with van der Waals surface area (Å²) < 4.78 is 19.4. The summed E-state index contributed by atoms with van der Waals surface area (Å²) in [6, 6.07) is 5.36. The average Bonchev–Trinajstić information content (AvgIpc) is 2.90. The van der Waals surface area contributed by atoms with Crippen LogP contribution in [0.2, 0.25) is 0 Å². The number of nitrogens with two attached hydrogens (primary N) is 1. The predicted molar refractivity (Wildman–Crippen MR) is 85.5 cm³/mol. The van der Waals surface area contributed by atoms with Crippen LogP contribution in [0, 0.1) is 5.82 Å². The molecule has 2 N–H and O–H groups in total. The van der Waals surface area contributed by atoms with Crippen molar-refractivity contribution in [1.29, 1.82) is 0 Å². The summed E-state index contributed by atoms with van der Waals surface area (Å²) in [4.78, 5) is 24.7. The number of ether oxygens (including phenoxy) is 1. The van der Waals surface area contributed by atoms with Crippen molar-refractivity contribution in [2.75, 3.05) is 12.3 Å². The van der Waals surface area contributed by atoms with E-state index in [0.29, 0.717) is 5.39 Å². The molecule has 0 amide bonds. The average molecular weight is 333 g/mol. The highest BCUT2D eigenvalue weighted by molar-refractivity contribution is 7.15. The first-order valence-corrected chi connectivity index (χ1v) is 7.64. The summed E-state index contributed by atoms with van der Waals surface area (Å²) in [6.07, 6.45) is 0. The molecule has 0 saturated carbocycles. The van der Waals surface area contributed by atoms with Gasteiger partial charge in [0.2, 0.25) is 0 Å². The van der Waals surface area contributed by atoms with Crippen molar-refractivity contribution in [3.8, 4) is 5.69 Å². The van der Waals surface area contributed by atoms with Gasteiger partial charge in [0.25, 0.3) is 5.56 Å². The third-order valence-electron chi connectivity index (χ3n) is 3.20. The molecule has 0 fully saturated rings. The number of hydrogen-bond donors (Lipinski definition) is 1. The Morgan fingerprint density at radius 3 is 2.96 bits per heavy atom. The number of nitrogens with zero attached hydrogens (tertiary/aromatic N) is 2. The Bertz CT molecular complexity index is 964. The third-order valence-corrected chi connectivity index (χ3v) is 4.01. The van der Waals surface area contributed by atoms with E-state index in [0.717, 1.165) is 22.1 Å². The Kier molecular flexibility index (Phi) is 3.83. The van der Waals surface area contributed by atoms with Crippen molar-refractivity contribution in [2.45, 2.75) is 6.92 Å². The first-order valence-electron chi connectivity index (χ1n) is 6.76. The van der Waals surface area contributed by atoms with Crippen LogP contribution in [-0.4, -0.2) is 22.4 Å². The van der Waals surface area contributed by atoms with Crippen molar-refractivity contribution in [3.63, 3.8) is 0 Å². The second-order valence-corrected chi connectivity index (χ2v) is 5.57. The highest BCUT2D eigenvalue weighted by atomic mass is 32.1. The molecule has 0 aliphatic heterocycles. The van der Waals surface area contributed by atoms with E-state index in [1.807, 2.05) is 0 Å². The standard InChI is InChI=1S/C15H12FN3O3S/c1-2-22-15(21)12-10-7-23-13(17)11(10)14(20)19(18-12)9-5-3-4-8(16)6-9/h3-7H,2,17H2,1H3. The van der Waals surface area contributed by atoms with Crippen LogP contribution in [0.1, 0.15) is 17.4 Å². The molecular formula is C15H12FN3O3S. The van der Waals surface area contributed by atoms with E-state index >= 15 is 0 Å². The van der Waals surface area contributed by atoms with E-state index in [1.54, 1.807) is 12.3 Å². The summed E-state index contributed by atoms with van der Waals surface area (Å²) in [5.41, 5.74) is 5.50. The van der Waals surface area contributed by atoms with Crippen LogP contribution in [-0.2, 0) is 4.74 Å². The molecule has 0 saturated heterocycles. The van der Waals surface area contributed by atoms with Gasteiger partial charge >= 0.3 is 5.97 Å². The molecule has 0 aliphatic carbocycles. The SMILES string of the molecule is CCOC(=O)c1nn(-c2cccc(F)c2)c(=O)c2c(N)scc12. The maximum absolute atomic E-state index is 13.4. The lowest BCUT2D eigenvalue weighted by Crippen LogP contribution is -2.25. The van der Waals surface area contributed by atoms with Crippen LogP contribution in [0.5, 0.6) is 0 Å². The highest BCUT2D eigenvalue weighted by Crippen LogP contribution is 2.27. The van der Waals surface area contributed by atoms with Crippen LogP contribution in [0.4, 0.5) is 9.39 Å². The van der Waals surface area contributed by atoms with Crippen LogP contribution in [0.25, 0.3) is 16.5 Å². The fourth-order valence-electron chi connectivity index (χ4n) is 2.21. The second kappa shape index (κ2) is 5.81. The number of fused-ring (bicyclic) bond motifs is 1. The zero-order valence-electron chi connectivity index (χ0n) is 12.1. The van der Waals surface area contributed by atoms with Gasteiger partial charge in [-0.2, -0.15) is 9.78 Å². The maximum atomic E-state index is 13.4. The monoisotopic (exact) mass is 333 g/mol. The summed E-state index contributed by atoms with van der Waals surface area (Å²) in [5.74, 6) is -1.19. The molecule has 118 valence electrons. The molecule has 0 bridgehead atoms. The Hall–Kier alpha value is -2.74. The van der Waals surface area contributed by atoms with Crippen LogP contribution in [0.3, 0.4) is 0 Å². The van der Waals surface area contributed by atoms with Gasteiger partial charge in [-0.1, -0.05) is 6.07 Å². The molecule has 8 heteroatoms. The number of rotatable bonds is 3. The van der Waals surface area contributed by atoms with Crippen molar-refractivity contribution < 1.29 is 13.9 Å². The second-order valence-electron chi connectivity index (χ2n) is 4.65. The number of aromatic nitrogens is 2. The van der Waals surface area contributed by atoms with Gasteiger partial charge in [0, 0.05) is 10.8 Å². The number of anilines is 1. The minimum absolute atomic E-state index is 0.0290. The summed E-state index contributed by atoms with van der Waals surface area (Å²) >= 11 is 1.13. The third kappa shape index (κ3) is 2.57. The number of esters is 1. The molecule has 0 aliphatic rings. The lowest BCUT2D eigenvalue weighted by molar-refractivity contribution is 0.0520. The molecule has 0 radical (unpaired) electrons. The van der Waals surface area contributed by atoms with Gasteiger partial charge in [0.05, 0.1) is 22.7 Å². The van der Waals surface area contributed by atoms with Gasteiger partial charge in [-0.15, -0.1) is 11.3 Å². The highest BCUT2D eigenvalue weighted by Gasteiger charge is 2.21. The van der Waals surface area contributed by atoms with Gasteiger partial charge in [0.1, 0.15) is 5.82 Å². The molecule has 3 aromatic rings. The van der Waals surface area contributed by atoms with Crippen LogP contribution in [0.15, 0.2) is 34.4 Å². The molecule has 0 unspecified atom stereocenters. The topological polar surface area (TPSA) is 87.2 Å². The van der Waals surface area contributed by atoms with E-state index in [2.05, 4.69) is 5.10 Å². The van der Waals surface area contributed by atoms with Crippen molar-refractivity contribution >= 4 is 33.1 Å². The molecule has 23 heavy (non-hydrogen) atoms. The Balaban J connectivity index is 2.35. The predicted octanol–water partition coefficient (Wildman–Crippen LogP) is 2.35. The van der Waals surface area contributed by atoms with Crippen LogP contribution < -0.4 is 11.3 Å². The van der Waals surface area contributed by atoms with Gasteiger partial charge in [-0.05, 0) is 25.1 Å². The molecule has 3 rings (SSSR count). The van der Waals surface area contributed by atoms with E-state index in [4.69, 9.17) is 10.5 Å². The smallest absolute Gasteiger partial charge is 0.359 e. The minimum atomic E-state index is -0.666. The fourth-order valence-corrected chi connectivity index (χ4v) is 3.00. The molecule has 2 heterocycles. The van der Waals surface area contributed by atoms with Gasteiger partial charge < -0.3 is 10.5 Å². The van der Waals surface area contributed by atoms with E-state index in [9.17, 15) is 14.0 Å². The first kappa shape index (κ1) is 15.2. The van der Waals surface area contributed by atoms with Gasteiger partial charge in [-0.3, -0.25) is 4.79 Å². The number of benzene rings is 1. The molecule has 2 aromatic heterocycles. The van der Waals surface area contributed by atoms with E-state index in [1.165, 1.54) is 18.2 Å². The van der Waals surface area contributed by atoms with Crippen molar-refractivity contribution in [1.82, 2.24) is 9.78 Å². The summed E-state index contributed by atoms with van der Waals surface area (Å²) in [7, 11) is 0. The Labute approximate surface area is 133 Å². The quantitative estimate of drug-likeness (QED) is 0.743.